The first-order chi connectivity index (χ1) is 11.1. The average molecular weight is 308 g/mol. The molecule has 0 aliphatic heterocycles. The molecule has 2 nitrogen and oxygen atoms in total. The lowest BCUT2D eigenvalue weighted by molar-refractivity contribution is 0.627. The van der Waals surface area contributed by atoms with E-state index in [1.54, 1.807) is 36.4 Å². The summed E-state index contributed by atoms with van der Waals surface area (Å²) >= 11 is 0. The van der Waals surface area contributed by atoms with Crippen LogP contribution < -0.4 is 5.73 Å². The van der Waals surface area contributed by atoms with Gasteiger partial charge in [-0.05, 0) is 41.0 Å². The topological polar surface area (TPSA) is 49.9 Å². The summed E-state index contributed by atoms with van der Waals surface area (Å²) in [4.78, 5) is 0. The largest absolute Gasteiger partial charge is 0.384 e. The van der Waals surface area contributed by atoms with Gasteiger partial charge in [0.2, 0.25) is 0 Å². The van der Waals surface area contributed by atoms with Crippen LogP contribution in [-0.4, -0.2) is 5.84 Å². The first kappa shape index (κ1) is 14.9. The van der Waals surface area contributed by atoms with Crippen molar-refractivity contribution in [2.75, 3.05) is 0 Å². The Morgan fingerprint density at radius 2 is 1.26 bits per heavy atom. The van der Waals surface area contributed by atoms with E-state index < -0.39 is 0 Å². The Balaban J connectivity index is 2.27. The second kappa shape index (κ2) is 6.01. The van der Waals surface area contributed by atoms with Gasteiger partial charge in [-0.2, -0.15) is 0 Å². The first-order valence-corrected chi connectivity index (χ1v) is 7.05. The molecule has 0 heterocycles. The number of hydrogen-bond donors (Lipinski definition) is 2. The lowest BCUT2D eigenvalue weighted by Crippen LogP contribution is -2.13. The van der Waals surface area contributed by atoms with Gasteiger partial charge < -0.3 is 5.73 Å². The van der Waals surface area contributed by atoms with E-state index in [4.69, 9.17) is 11.1 Å². The molecule has 0 saturated carbocycles. The molecular weight excluding hydrogens is 294 g/mol. The lowest BCUT2D eigenvalue weighted by atomic mass is 9.90. The Morgan fingerprint density at radius 3 is 1.78 bits per heavy atom. The maximum absolute atomic E-state index is 13.2. The van der Waals surface area contributed by atoms with Crippen LogP contribution in [0, 0.1) is 17.0 Å². The highest BCUT2D eigenvalue weighted by Crippen LogP contribution is 2.35. The Labute approximate surface area is 132 Å². The van der Waals surface area contributed by atoms with Gasteiger partial charge in [0.15, 0.2) is 0 Å². The van der Waals surface area contributed by atoms with Gasteiger partial charge in [0.25, 0.3) is 0 Å². The zero-order chi connectivity index (χ0) is 16.4. The minimum absolute atomic E-state index is 0.0757. The van der Waals surface area contributed by atoms with Crippen LogP contribution in [0.25, 0.3) is 22.3 Å². The fourth-order valence-electron chi connectivity index (χ4n) is 2.57. The Bertz CT molecular complexity index is 854. The molecular formula is C19H14F2N2. The molecule has 0 aliphatic carbocycles. The van der Waals surface area contributed by atoms with Crippen molar-refractivity contribution in [3.63, 3.8) is 0 Å². The van der Waals surface area contributed by atoms with E-state index in [2.05, 4.69) is 0 Å². The van der Waals surface area contributed by atoms with E-state index >= 15 is 0 Å². The molecule has 3 aromatic rings. The van der Waals surface area contributed by atoms with E-state index in [0.29, 0.717) is 5.56 Å². The summed E-state index contributed by atoms with van der Waals surface area (Å²) in [7, 11) is 0. The molecule has 0 radical (unpaired) electrons. The van der Waals surface area contributed by atoms with Crippen molar-refractivity contribution in [2.24, 2.45) is 5.73 Å². The summed E-state index contributed by atoms with van der Waals surface area (Å²) in [6.45, 7) is 0. The lowest BCUT2D eigenvalue weighted by Gasteiger charge is -2.15. The third-order valence-corrected chi connectivity index (χ3v) is 3.64. The van der Waals surface area contributed by atoms with Crippen LogP contribution >= 0.6 is 0 Å². The van der Waals surface area contributed by atoms with Crippen molar-refractivity contribution >= 4 is 5.84 Å². The van der Waals surface area contributed by atoms with E-state index in [-0.39, 0.29) is 17.5 Å². The molecule has 114 valence electrons. The second-order valence-corrected chi connectivity index (χ2v) is 5.16. The van der Waals surface area contributed by atoms with Gasteiger partial charge in [0, 0.05) is 11.1 Å². The van der Waals surface area contributed by atoms with Crippen LogP contribution in [0.4, 0.5) is 8.78 Å². The number of nitrogens with one attached hydrogen (secondary N) is 1. The van der Waals surface area contributed by atoms with Gasteiger partial charge in [-0.15, -0.1) is 0 Å². The zero-order valence-electron chi connectivity index (χ0n) is 12.2. The van der Waals surface area contributed by atoms with Crippen LogP contribution in [0.5, 0.6) is 0 Å². The number of nitrogen functional groups attached to an aromatic ring is 1. The van der Waals surface area contributed by atoms with Crippen LogP contribution in [0.3, 0.4) is 0 Å². The van der Waals surface area contributed by atoms with Gasteiger partial charge in [-0.1, -0.05) is 42.5 Å². The molecule has 0 aliphatic rings. The number of benzene rings is 3. The molecule has 0 saturated heterocycles. The van der Waals surface area contributed by atoms with E-state index in [1.807, 2.05) is 6.07 Å². The van der Waals surface area contributed by atoms with Crippen molar-refractivity contribution in [3.8, 4) is 22.3 Å². The minimum atomic E-state index is -0.336. The first-order valence-electron chi connectivity index (χ1n) is 7.05. The predicted octanol–water partition coefficient (Wildman–Crippen LogP) is 4.58. The second-order valence-electron chi connectivity index (χ2n) is 5.16. The smallest absolute Gasteiger partial charge is 0.123 e. The fourth-order valence-corrected chi connectivity index (χ4v) is 2.57. The molecule has 23 heavy (non-hydrogen) atoms. The van der Waals surface area contributed by atoms with Crippen molar-refractivity contribution in [3.05, 3.63) is 83.9 Å². The molecule has 4 heteroatoms. The summed E-state index contributed by atoms with van der Waals surface area (Å²) in [5.41, 5.74) is 9.34. The Hall–Kier alpha value is -3.01. The zero-order valence-corrected chi connectivity index (χ0v) is 12.2. The molecule has 0 fully saturated rings. The number of halogens is 2. The average Bonchev–Trinajstić information content (AvgIpc) is 2.55. The molecule has 0 atom stereocenters. The van der Waals surface area contributed by atoms with Gasteiger partial charge in [0.05, 0.1) is 0 Å². The van der Waals surface area contributed by atoms with Crippen LogP contribution in [-0.2, 0) is 0 Å². The van der Waals surface area contributed by atoms with E-state index in [1.165, 1.54) is 24.3 Å². The standard InChI is InChI=1S/C19H14F2N2/c20-14-8-4-12(5-9-14)16-2-1-3-17(19(22)23)18(16)13-6-10-15(21)11-7-13/h1-11H,(H3,22,23). The van der Waals surface area contributed by atoms with E-state index in [9.17, 15) is 8.78 Å². The van der Waals surface area contributed by atoms with Crippen LogP contribution in [0.1, 0.15) is 5.56 Å². The molecule has 3 aromatic carbocycles. The molecule has 0 bridgehead atoms. The summed E-state index contributed by atoms with van der Waals surface area (Å²) in [5.74, 6) is -0.731. The highest BCUT2D eigenvalue weighted by molar-refractivity contribution is 6.05. The normalized spacial score (nSPS) is 10.5. The highest BCUT2D eigenvalue weighted by atomic mass is 19.1. The van der Waals surface area contributed by atoms with Gasteiger partial charge in [0.1, 0.15) is 17.5 Å². The van der Waals surface area contributed by atoms with Gasteiger partial charge >= 0.3 is 0 Å². The van der Waals surface area contributed by atoms with Crippen LogP contribution in [0.2, 0.25) is 0 Å². The fraction of sp³-hybridized carbons (Fsp3) is 0. The third-order valence-electron chi connectivity index (χ3n) is 3.64. The van der Waals surface area contributed by atoms with Gasteiger partial charge in [-0.25, -0.2) is 8.78 Å². The summed E-state index contributed by atoms with van der Waals surface area (Å²) < 4.78 is 26.4. The van der Waals surface area contributed by atoms with E-state index in [0.717, 1.165) is 22.3 Å². The number of rotatable bonds is 3. The minimum Gasteiger partial charge on any atom is -0.384 e. The molecule has 0 amide bonds. The van der Waals surface area contributed by atoms with Crippen molar-refractivity contribution in [2.45, 2.75) is 0 Å². The van der Waals surface area contributed by atoms with Crippen molar-refractivity contribution < 1.29 is 8.78 Å². The monoisotopic (exact) mass is 308 g/mol. The maximum Gasteiger partial charge on any atom is 0.123 e. The maximum atomic E-state index is 13.2. The van der Waals surface area contributed by atoms with Gasteiger partial charge in [-0.3, -0.25) is 5.41 Å². The Morgan fingerprint density at radius 1 is 0.739 bits per heavy atom. The molecule has 0 aromatic heterocycles. The molecule has 3 N–H and O–H groups in total. The number of nitrogens with two attached hydrogens (primary N) is 1. The SMILES string of the molecule is N=C(N)c1cccc(-c2ccc(F)cc2)c1-c1ccc(F)cc1. The molecule has 0 spiro atoms. The summed E-state index contributed by atoms with van der Waals surface area (Å²) in [6.07, 6.45) is 0. The van der Waals surface area contributed by atoms with Crippen molar-refractivity contribution in [1.29, 1.82) is 5.41 Å². The van der Waals surface area contributed by atoms with Crippen LogP contribution in [0.15, 0.2) is 66.7 Å². The molecule has 0 unspecified atom stereocenters. The third kappa shape index (κ3) is 2.97. The molecule has 3 rings (SSSR count). The number of amidine groups is 1. The quantitative estimate of drug-likeness (QED) is 0.540. The predicted molar refractivity (Wildman–Crippen MR) is 88.2 cm³/mol. The Kier molecular flexibility index (Phi) is 3.89. The number of hydrogen-bond acceptors (Lipinski definition) is 1. The highest BCUT2D eigenvalue weighted by Gasteiger charge is 2.14. The summed E-state index contributed by atoms with van der Waals surface area (Å²) in [6, 6.07) is 17.5. The summed E-state index contributed by atoms with van der Waals surface area (Å²) in [5, 5.41) is 7.80. The van der Waals surface area contributed by atoms with Crippen molar-refractivity contribution in [1.82, 2.24) is 0 Å².